The van der Waals surface area contributed by atoms with E-state index in [9.17, 15) is 4.79 Å². The molecule has 4 nitrogen and oxygen atoms in total. The van der Waals surface area contributed by atoms with E-state index in [1.807, 2.05) is 6.07 Å². The van der Waals surface area contributed by atoms with Crippen LogP contribution in [0.3, 0.4) is 0 Å². The highest BCUT2D eigenvalue weighted by atomic mass is 79.9. The van der Waals surface area contributed by atoms with Crippen LogP contribution < -0.4 is 5.32 Å². The molecule has 0 aliphatic heterocycles. The van der Waals surface area contributed by atoms with E-state index in [0.717, 1.165) is 0 Å². The number of hydrogen-bond donors (Lipinski definition) is 1. The summed E-state index contributed by atoms with van der Waals surface area (Å²) in [5.74, 6) is -0.331. The quantitative estimate of drug-likeness (QED) is 0.877. The Kier molecular flexibility index (Phi) is 3.39. The molecule has 0 saturated heterocycles. The van der Waals surface area contributed by atoms with Crippen LogP contribution in [0.25, 0.3) is 0 Å². The Bertz CT molecular complexity index is 357. The first-order chi connectivity index (χ1) is 6.15. The van der Waals surface area contributed by atoms with Crippen molar-refractivity contribution in [1.82, 2.24) is 10.3 Å². The van der Waals surface area contributed by atoms with Gasteiger partial charge in [0, 0.05) is 0 Å². The van der Waals surface area contributed by atoms with Crippen molar-refractivity contribution in [3.8, 4) is 6.07 Å². The summed E-state index contributed by atoms with van der Waals surface area (Å²) in [7, 11) is 0. The van der Waals surface area contributed by atoms with Crippen LogP contribution >= 0.6 is 27.3 Å². The Balaban J connectivity index is 2.71. The highest BCUT2D eigenvalue weighted by Crippen LogP contribution is 2.20. The molecule has 1 aromatic heterocycles. The predicted octanol–water partition coefficient (Wildman–Crippen LogP) is 1.55. The van der Waals surface area contributed by atoms with Crippen LogP contribution in [-0.2, 0) is 0 Å². The Hall–Kier alpha value is -0.930. The van der Waals surface area contributed by atoms with E-state index in [0.29, 0.717) is 9.48 Å². The fraction of sp³-hybridized carbons (Fsp3) is 0.286. The second kappa shape index (κ2) is 4.35. The number of nitrogens with zero attached hydrogens (tertiary/aromatic N) is 2. The molecule has 1 heterocycles. The number of rotatable bonds is 2. The predicted molar refractivity (Wildman–Crippen MR) is 52.4 cm³/mol. The summed E-state index contributed by atoms with van der Waals surface area (Å²) in [5.41, 5.74) is 1.89. The van der Waals surface area contributed by atoms with E-state index in [-0.39, 0.29) is 5.91 Å². The van der Waals surface area contributed by atoms with Gasteiger partial charge in [0.25, 0.3) is 5.91 Å². The van der Waals surface area contributed by atoms with Gasteiger partial charge in [-0.3, -0.25) is 4.79 Å². The molecule has 0 bridgehead atoms. The van der Waals surface area contributed by atoms with Gasteiger partial charge in [-0.15, -0.1) is 11.3 Å². The number of nitriles is 1. The van der Waals surface area contributed by atoms with Gasteiger partial charge in [0.2, 0.25) is 0 Å². The fourth-order valence-corrected chi connectivity index (χ4v) is 1.72. The summed E-state index contributed by atoms with van der Waals surface area (Å²) >= 11 is 4.52. The number of halogens is 1. The third-order valence-electron chi connectivity index (χ3n) is 1.28. The number of carbonyl (C=O) groups is 1. The second-order valence-electron chi connectivity index (χ2n) is 2.30. The van der Waals surface area contributed by atoms with E-state index in [2.05, 4.69) is 26.2 Å². The molecule has 1 unspecified atom stereocenters. The molecule has 13 heavy (non-hydrogen) atoms. The Labute approximate surface area is 87.7 Å². The van der Waals surface area contributed by atoms with E-state index in [1.165, 1.54) is 11.3 Å². The van der Waals surface area contributed by atoms with Crippen molar-refractivity contribution in [2.45, 2.75) is 13.0 Å². The summed E-state index contributed by atoms with van der Waals surface area (Å²) in [6, 6.07) is 1.41. The molecule has 6 heteroatoms. The lowest BCUT2D eigenvalue weighted by molar-refractivity contribution is 0.0943. The van der Waals surface area contributed by atoms with Gasteiger partial charge in [0.05, 0.1) is 11.6 Å². The minimum atomic E-state index is -0.499. The lowest BCUT2D eigenvalue weighted by Gasteiger charge is -2.03. The highest BCUT2D eigenvalue weighted by molar-refractivity contribution is 9.11. The molecule has 0 fully saturated rings. The molecule has 1 aromatic rings. The molecule has 0 spiro atoms. The molecular weight excluding hydrogens is 254 g/mol. The van der Waals surface area contributed by atoms with Gasteiger partial charge in [-0.25, -0.2) is 4.98 Å². The standard InChI is InChI=1S/C7H6BrN3OS/c1-4(2-9)11-7(12)5-6(8)13-3-10-5/h3-4H,1H3,(H,11,12). The minimum Gasteiger partial charge on any atom is -0.335 e. The maximum absolute atomic E-state index is 11.3. The van der Waals surface area contributed by atoms with Gasteiger partial charge in [-0.1, -0.05) is 0 Å². The normalized spacial score (nSPS) is 11.8. The Morgan fingerprint density at radius 3 is 3.08 bits per heavy atom. The largest absolute Gasteiger partial charge is 0.335 e. The van der Waals surface area contributed by atoms with E-state index in [4.69, 9.17) is 5.26 Å². The first-order valence-corrected chi connectivity index (χ1v) is 5.12. The third-order valence-corrected chi connectivity index (χ3v) is 2.83. The number of amides is 1. The SMILES string of the molecule is CC(C#N)NC(=O)c1ncsc1Br. The van der Waals surface area contributed by atoms with Crippen molar-refractivity contribution in [3.63, 3.8) is 0 Å². The number of nitrogens with one attached hydrogen (secondary N) is 1. The van der Waals surface area contributed by atoms with Gasteiger partial charge in [-0.05, 0) is 22.9 Å². The van der Waals surface area contributed by atoms with E-state index >= 15 is 0 Å². The number of carbonyl (C=O) groups excluding carboxylic acids is 1. The van der Waals surface area contributed by atoms with Crippen LogP contribution in [0.5, 0.6) is 0 Å². The first-order valence-electron chi connectivity index (χ1n) is 3.44. The minimum absolute atomic E-state index is 0.326. The first kappa shape index (κ1) is 10.2. The van der Waals surface area contributed by atoms with Crippen molar-refractivity contribution in [3.05, 3.63) is 15.0 Å². The second-order valence-corrected chi connectivity index (χ2v) is 4.47. The molecule has 1 N–H and O–H groups in total. The zero-order valence-corrected chi connectivity index (χ0v) is 9.15. The van der Waals surface area contributed by atoms with Crippen molar-refractivity contribution < 1.29 is 4.79 Å². The number of aromatic nitrogens is 1. The molecule has 68 valence electrons. The van der Waals surface area contributed by atoms with Crippen LogP contribution in [0.15, 0.2) is 9.30 Å². The van der Waals surface area contributed by atoms with Crippen LogP contribution in [0, 0.1) is 11.3 Å². The van der Waals surface area contributed by atoms with Crippen molar-refractivity contribution in [2.24, 2.45) is 0 Å². The van der Waals surface area contributed by atoms with Gasteiger partial charge in [0.15, 0.2) is 5.69 Å². The average Bonchev–Trinajstić information content (AvgIpc) is 2.51. The molecule has 0 aromatic carbocycles. The average molecular weight is 260 g/mol. The summed E-state index contributed by atoms with van der Waals surface area (Å²) in [6.07, 6.45) is 0. The maximum atomic E-state index is 11.3. The molecule has 1 atom stereocenters. The molecule has 1 amide bonds. The summed E-state index contributed by atoms with van der Waals surface area (Å²) in [5, 5.41) is 10.9. The summed E-state index contributed by atoms with van der Waals surface area (Å²) < 4.78 is 0.676. The maximum Gasteiger partial charge on any atom is 0.272 e. The van der Waals surface area contributed by atoms with Crippen molar-refractivity contribution >= 4 is 33.2 Å². The lowest BCUT2D eigenvalue weighted by Crippen LogP contribution is -2.31. The van der Waals surface area contributed by atoms with Gasteiger partial charge >= 0.3 is 0 Å². The van der Waals surface area contributed by atoms with Crippen LogP contribution in [0.1, 0.15) is 17.4 Å². The highest BCUT2D eigenvalue weighted by Gasteiger charge is 2.14. The van der Waals surface area contributed by atoms with Crippen LogP contribution in [0.4, 0.5) is 0 Å². The summed E-state index contributed by atoms with van der Waals surface area (Å²) in [4.78, 5) is 15.2. The van der Waals surface area contributed by atoms with Gasteiger partial charge in [0.1, 0.15) is 9.83 Å². The van der Waals surface area contributed by atoms with E-state index in [1.54, 1.807) is 12.4 Å². The van der Waals surface area contributed by atoms with Crippen molar-refractivity contribution in [1.29, 1.82) is 5.26 Å². The van der Waals surface area contributed by atoms with Crippen LogP contribution in [-0.4, -0.2) is 16.9 Å². The molecule has 1 rings (SSSR count). The molecule has 0 radical (unpaired) electrons. The van der Waals surface area contributed by atoms with Gasteiger partial charge in [-0.2, -0.15) is 5.26 Å². The smallest absolute Gasteiger partial charge is 0.272 e. The monoisotopic (exact) mass is 259 g/mol. The Morgan fingerprint density at radius 2 is 2.62 bits per heavy atom. The molecule has 0 aliphatic carbocycles. The number of thiazole rings is 1. The van der Waals surface area contributed by atoms with Gasteiger partial charge < -0.3 is 5.32 Å². The molecular formula is C7H6BrN3OS. The molecule has 0 aliphatic rings. The zero-order valence-electron chi connectivity index (χ0n) is 6.74. The van der Waals surface area contributed by atoms with E-state index < -0.39 is 6.04 Å². The van der Waals surface area contributed by atoms with Crippen molar-refractivity contribution in [2.75, 3.05) is 0 Å². The molecule has 0 saturated carbocycles. The lowest BCUT2D eigenvalue weighted by atomic mass is 10.3. The topological polar surface area (TPSA) is 65.8 Å². The Morgan fingerprint density at radius 1 is 1.92 bits per heavy atom. The van der Waals surface area contributed by atoms with Crippen LogP contribution in [0.2, 0.25) is 0 Å². The fourth-order valence-electron chi connectivity index (χ4n) is 0.677. The summed E-state index contributed by atoms with van der Waals surface area (Å²) in [6.45, 7) is 1.61. The zero-order chi connectivity index (χ0) is 9.84. The number of hydrogen-bond acceptors (Lipinski definition) is 4. The third kappa shape index (κ3) is 2.50.